The predicted octanol–water partition coefficient (Wildman–Crippen LogP) is -1.22. The van der Waals surface area contributed by atoms with E-state index >= 15 is 0 Å². The molecule has 5 heteroatoms. The molecule has 0 spiro atoms. The zero-order valence-corrected chi connectivity index (χ0v) is 11.0. The van der Waals surface area contributed by atoms with Crippen molar-refractivity contribution in [1.82, 2.24) is 9.97 Å². The maximum absolute atomic E-state index is 5.38. The summed E-state index contributed by atoms with van der Waals surface area (Å²) in [6.45, 7) is 5.30. The topological polar surface area (TPSA) is 38.2 Å². The van der Waals surface area contributed by atoms with E-state index in [1.807, 2.05) is 25.1 Å². The summed E-state index contributed by atoms with van der Waals surface area (Å²) in [6, 6.07) is 8.16. The van der Waals surface area contributed by atoms with Crippen molar-refractivity contribution in [3.8, 4) is 0 Å². The molecule has 0 bridgehead atoms. The van der Waals surface area contributed by atoms with Crippen LogP contribution in [0, 0.1) is 6.92 Å². The van der Waals surface area contributed by atoms with Gasteiger partial charge in [0.25, 0.3) is 0 Å². The van der Waals surface area contributed by atoms with Crippen LogP contribution in [-0.4, -0.2) is 36.3 Å². The van der Waals surface area contributed by atoms with E-state index in [9.17, 15) is 0 Å². The first-order valence-electron chi connectivity index (χ1n) is 5.91. The van der Waals surface area contributed by atoms with Gasteiger partial charge < -0.3 is 22.0 Å². The van der Waals surface area contributed by atoms with Crippen molar-refractivity contribution in [1.29, 1.82) is 0 Å². The van der Waals surface area contributed by atoms with E-state index in [0.717, 1.165) is 48.8 Å². The zero-order chi connectivity index (χ0) is 11.7. The molecular formula is C13H15ClN3O-. The Morgan fingerprint density at radius 1 is 1.11 bits per heavy atom. The lowest BCUT2D eigenvalue weighted by atomic mass is 10.2. The van der Waals surface area contributed by atoms with E-state index in [2.05, 4.69) is 20.9 Å². The lowest BCUT2D eigenvalue weighted by molar-refractivity contribution is -0.00000441. The number of morpholine rings is 1. The van der Waals surface area contributed by atoms with Gasteiger partial charge in [0.1, 0.15) is 11.6 Å². The molecule has 2 heterocycles. The van der Waals surface area contributed by atoms with E-state index < -0.39 is 0 Å². The molecule has 0 N–H and O–H groups in total. The van der Waals surface area contributed by atoms with E-state index in [1.165, 1.54) is 0 Å². The Balaban J connectivity index is 0.00000120. The normalized spacial score (nSPS) is 15.5. The van der Waals surface area contributed by atoms with Gasteiger partial charge in [0, 0.05) is 18.5 Å². The fourth-order valence-corrected chi connectivity index (χ4v) is 2.19. The first-order valence-corrected chi connectivity index (χ1v) is 5.91. The molecule has 2 aromatic rings. The molecule has 0 radical (unpaired) electrons. The van der Waals surface area contributed by atoms with Crippen molar-refractivity contribution in [3.63, 3.8) is 0 Å². The summed E-state index contributed by atoms with van der Waals surface area (Å²) in [6.07, 6.45) is 0. The number of halogens is 1. The van der Waals surface area contributed by atoms with Crippen LogP contribution in [-0.2, 0) is 4.74 Å². The quantitative estimate of drug-likeness (QED) is 0.647. The van der Waals surface area contributed by atoms with Crippen LogP contribution in [0.2, 0.25) is 0 Å². The third-order valence-electron chi connectivity index (χ3n) is 3.01. The summed E-state index contributed by atoms with van der Waals surface area (Å²) in [4.78, 5) is 11.3. The highest BCUT2D eigenvalue weighted by Crippen LogP contribution is 2.24. The molecular weight excluding hydrogens is 250 g/mol. The minimum atomic E-state index is 0. The lowest BCUT2D eigenvalue weighted by Crippen LogP contribution is -3.00. The summed E-state index contributed by atoms with van der Waals surface area (Å²) in [7, 11) is 0. The maximum Gasteiger partial charge on any atom is 0.140 e. The highest BCUT2D eigenvalue weighted by atomic mass is 35.5. The zero-order valence-electron chi connectivity index (χ0n) is 10.3. The van der Waals surface area contributed by atoms with Gasteiger partial charge in [-0.2, -0.15) is 0 Å². The molecule has 1 fully saturated rings. The number of para-hydroxylation sites is 1. The van der Waals surface area contributed by atoms with Gasteiger partial charge in [-0.05, 0) is 19.1 Å². The van der Waals surface area contributed by atoms with Gasteiger partial charge >= 0.3 is 0 Å². The number of nitrogens with zero attached hydrogens (tertiary/aromatic N) is 3. The minimum absolute atomic E-state index is 0. The van der Waals surface area contributed by atoms with Gasteiger partial charge in [0.15, 0.2) is 0 Å². The summed E-state index contributed by atoms with van der Waals surface area (Å²) >= 11 is 0. The van der Waals surface area contributed by atoms with Crippen LogP contribution in [0.25, 0.3) is 10.9 Å². The number of aromatic nitrogens is 2. The molecule has 4 nitrogen and oxygen atoms in total. The Hall–Kier alpha value is -1.39. The lowest BCUT2D eigenvalue weighted by Gasteiger charge is -2.28. The van der Waals surface area contributed by atoms with Crippen LogP contribution in [0.15, 0.2) is 24.3 Å². The van der Waals surface area contributed by atoms with Gasteiger partial charge in [-0.25, -0.2) is 9.97 Å². The fourth-order valence-electron chi connectivity index (χ4n) is 2.19. The number of hydrogen-bond donors (Lipinski definition) is 0. The molecule has 1 aliphatic rings. The number of fused-ring (bicyclic) bond motifs is 1. The standard InChI is InChI=1S/C13H15N3O.ClH/c1-10-14-12-5-3-2-4-11(12)13(15-10)16-6-8-17-9-7-16;/h2-5H,6-9H2,1H3;1H/p-1. The fraction of sp³-hybridized carbons (Fsp3) is 0.385. The largest absolute Gasteiger partial charge is 1.00 e. The Kier molecular flexibility index (Phi) is 3.99. The Morgan fingerprint density at radius 2 is 1.83 bits per heavy atom. The smallest absolute Gasteiger partial charge is 0.140 e. The number of ether oxygens (including phenoxy) is 1. The minimum Gasteiger partial charge on any atom is -1.00 e. The molecule has 1 aromatic carbocycles. The van der Waals surface area contributed by atoms with E-state index in [1.54, 1.807) is 0 Å². The van der Waals surface area contributed by atoms with Crippen LogP contribution in [0.1, 0.15) is 5.82 Å². The second-order valence-corrected chi connectivity index (χ2v) is 4.21. The van der Waals surface area contributed by atoms with Crippen molar-refractivity contribution in [2.24, 2.45) is 0 Å². The Labute approximate surface area is 112 Å². The highest BCUT2D eigenvalue weighted by molar-refractivity contribution is 5.89. The van der Waals surface area contributed by atoms with Crippen molar-refractivity contribution in [2.75, 3.05) is 31.2 Å². The average Bonchev–Trinajstić information content (AvgIpc) is 2.39. The molecule has 1 aliphatic heterocycles. The van der Waals surface area contributed by atoms with E-state index in [0.29, 0.717) is 0 Å². The van der Waals surface area contributed by atoms with Gasteiger partial charge in [-0.3, -0.25) is 0 Å². The summed E-state index contributed by atoms with van der Waals surface area (Å²) in [5, 5.41) is 1.13. The number of hydrogen-bond acceptors (Lipinski definition) is 4. The van der Waals surface area contributed by atoms with Crippen LogP contribution < -0.4 is 17.3 Å². The summed E-state index contributed by atoms with van der Waals surface area (Å²) < 4.78 is 5.38. The number of aryl methyl sites for hydroxylation is 1. The van der Waals surface area contributed by atoms with Crippen molar-refractivity contribution < 1.29 is 17.1 Å². The molecule has 3 rings (SSSR count). The third kappa shape index (κ3) is 2.40. The molecule has 0 aliphatic carbocycles. The van der Waals surface area contributed by atoms with Crippen LogP contribution in [0.3, 0.4) is 0 Å². The third-order valence-corrected chi connectivity index (χ3v) is 3.01. The molecule has 96 valence electrons. The van der Waals surface area contributed by atoms with E-state index in [4.69, 9.17) is 4.74 Å². The molecule has 1 saturated heterocycles. The predicted molar refractivity (Wildman–Crippen MR) is 67.3 cm³/mol. The molecule has 0 atom stereocenters. The van der Waals surface area contributed by atoms with Gasteiger partial charge in [-0.15, -0.1) is 0 Å². The first kappa shape index (κ1) is 13.1. The van der Waals surface area contributed by atoms with Crippen LogP contribution >= 0.6 is 0 Å². The molecule has 18 heavy (non-hydrogen) atoms. The molecule has 0 amide bonds. The maximum atomic E-state index is 5.38. The Bertz CT molecular complexity index is 541. The van der Waals surface area contributed by atoms with Gasteiger partial charge in [0.05, 0.1) is 18.7 Å². The van der Waals surface area contributed by atoms with Gasteiger partial charge in [0.2, 0.25) is 0 Å². The number of anilines is 1. The SMILES string of the molecule is Cc1nc(N2CCOCC2)c2ccccc2n1.[Cl-]. The summed E-state index contributed by atoms with van der Waals surface area (Å²) in [5.41, 5.74) is 1.02. The molecule has 0 unspecified atom stereocenters. The molecule has 0 saturated carbocycles. The van der Waals surface area contributed by atoms with Gasteiger partial charge in [-0.1, -0.05) is 12.1 Å². The second-order valence-electron chi connectivity index (χ2n) is 4.21. The van der Waals surface area contributed by atoms with Crippen molar-refractivity contribution in [2.45, 2.75) is 6.92 Å². The summed E-state index contributed by atoms with van der Waals surface area (Å²) in [5.74, 6) is 1.86. The monoisotopic (exact) mass is 264 g/mol. The highest BCUT2D eigenvalue weighted by Gasteiger charge is 2.15. The number of benzene rings is 1. The van der Waals surface area contributed by atoms with Crippen LogP contribution in [0.5, 0.6) is 0 Å². The van der Waals surface area contributed by atoms with Crippen molar-refractivity contribution >= 4 is 16.7 Å². The second kappa shape index (κ2) is 5.50. The average molecular weight is 265 g/mol. The van der Waals surface area contributed by atoms with Crippen molar-refractivity contribution in [3.05, 3.63) is 30.1 Å². The van der Waals surface area contributed by atoms with E-state index in [-0.39, 0.29) is 12.4 Å². The Morgan fingerprint density at radius 3 is 2.61 bits per heavy atom. The number of rotatable bonds is 1. The first-order chi connectivity index (χ1) is 8.34. The molecule has 1 aromatic heterocycles. The van der Waals surface area contributed by atoms with Crippen LogP contribution in [0.4, 0.5) is 5.82 Å².